The molecule has 0 heterocycles. The van der Waals surface area contributed by atoms with E-state index in [1.54, 1.807) is 0 Å². The average molecular weight is 268 g/mol. The van der Waals surface area contributed by atoms with Gasteiger partial charge in [0.25, 0.3) is 0 Å². The van der Waals surface area contributed by atoms with Gasteiger partial charge in [-0.1, -0.05) is 45.0 Å². The Morgan fingerprint density at radius 1 is 1.06 bits per heavy atom. The quantitative estimate of drug-likeness (QED) is 0.702. The molecule has 1 nitrogen and oxygen atoms in total. The van der Waals surface area contributed by atoms with Crippen LogP contribution in [0.2, 0.25) is 0 Å². The lowest BCUT2D eigenvalue weighted by molar-refractivity contribution is 0.340. The van der Waals surface area contributed by atoms with Gasteiger partial charge >= 0.3 is 0 Å². The standard InChI is InChI=1S/C16H26ClN/c1-16(2,3)15-8-6-14(7-9-15)10-13-18(4)12-5-11-17/h6-9H,5,10-13H2,1-4H3. The predicted molar refractivity (Wildman–Crippen MR) is 81.7 cm³/mol. The fourth-order valence-electron chi connectivity index (χ4n) is 1.93. The van der Waals surface area contributed by atoms with Crippen LogP contribution in [-0.4, -0.2) is 30.9 Å². The van der Waals surface area contributed by atoms with E-state index in [9.17, 15) is 0 Å². The first-order valence-corrected chi connectivity index (χ1v) is 7.31. The molecule has 0 aliphatic carbocycles. The Kier molecular flexibility index (Phi) is 6.17. The number of alkyl halides is 1. The van der Waals surface area contributed by atoms with Crippen LogP contribution in [0.5, 0.6) is 0 Å². The summed E-state index contributed by atoms with van der Waals surface area (Å²) < 4.78 is 0. The van der Waals surface area contributed by atoms with Crippen LogP contribution < -0.4 is 0 Å². The number of rotatable bonds is 6. The van der Waals surface area contributed by atoms with Crippen molar-refractivity contribution in [3.63, 3.8) is 0 Å². The maximum absolute atomic E-state index is 5.70. The van der Waals surface area contributed by atoms with E-state index in [2.05, 4.69) is 57.0 Å². The first-order valence-electron chi connectivity index (χ1n) is 6.77. The molecule has 0 fully saturated rings. The van der Waals surface area contributed by atoms with Gasteiger partial charge in [0, 0.05) is 12.4 Å². The summed E-state index contributed by atoms with van der Waals surface area (Å²) in [5, 5.41) is 0. The molecule has 0 saturated heterocycles. The van der Waals surface area contributed by atoms with Crippen LogP contribution in [0.15, 0.2) is 24.3 Å². The summed E-state index contributed by atoms with van der Waals surface area (Å²) in [5.41, 5.74) is 3.07. The Morgan fingerprint density at radius 2 is 1.67 bits per heavy atom. The van der Waals surface area contributed by atoms with Crippen molar-refractivity contribution in [1.82, 2.24) is 4.90 Å². The number of likely N-dealkylation sites (N-methyl/N-ethyl adjacent to an activating group) is 1. The average Bonchev–Trinajstić information content (AvgIpc) is 2.33. The van der Waals surface area contributed by atoms with Gasteiger partial charge in [0.05, 0.1) is 0 Å². The van der Waals surface area contributed by atoms with Gasteiger partial charge < -0.3 is 4.90 Å². The summed E-state index contributed by atoms with van der Waals surface area (Å²) in [7, 11) is 2.16. The van der Waals surface area contributed by atoms with Crippen LogP contribution in [0.3, 0.4) is 0 Å². The van der Waals surface area contributed by atoms with E-state index in [4.69, 9.17) is 11.6 Å². The molecule has 1 aromatic carbocycles. The van der Waals surface area contributed by atoms with E-state index >= 15 is 0 Å². The second kappa shape index (κ2) is 7.16. The Bertz CT molecular complexity index is 337. The zero-order chi connectivity index (χ0) is 13.6. The van der Waals surface area contributed by atoms with Crippen molar-refractivity contribution in [3.8, 4) is 0 Å². The number of hydrogen-bond acceptors (Lipinski definition) is 1. The van der Waals surface area contributed by atoms with E-state index in [0.29, 0.717) is 0 Å². The summed E-state index contributed by atoms with van der Waals surface area (Å²) in [6.45, 7) is 8.95. The van der Waals surface area contributed by atoms with Crippen LogP contribution >= 0.6 is 11.6 Å². The van der Waals surface area contributed by atoms with Crippen molar-refractivity contribution < 1.29 is 0 Å². The molecule has 102 valence electrons. The molecule has 2 heteroatoms. The normalized spacial score (nSPS) is 12.1. The Labute approximate surface area is 117 Å². The van der Waals surface area contributed by atoms with Crippen LogP contribution in [-0.2, 0) is 11.8 Å². The van der Waals surface area contributed by atoms with Crippen LogP contribution in [0.1, 0.15) is 38.3 Å². The summed E-state index contributed by atoms with van der Waals surface area (Å²) in [5.74, 6) is 0.755. The van der Waals surface area contributed by atoms with Gasteiger partial charge in [0.2, 0.25) is 0 Å². The van der Waals surface area contributed by atoms with Crippen molar-refractivity contribution >= 4 is 11.6 Å². The molecule has 0 bridgehead atoms. The minimum atomic E-state index is 0.246. The van der Waals surface area contributed by atoms with Gasteiger partial charge in [-0.2, -0.15) is 0 Å². The maximum atomic E-state index is 5.70. The molecule has 0 amide bonds. The molecule has 0 radical (unpaired) electrons. The largest absolute Gasteiger partial charge is 0.306 e. The predicted octanol–water partition coefficient (Wildman–Crippen LogP) is 4.09. The van der Waals surface area contributed by atoms with Crippen molar-refractivity contribution in [2.75, 3.05) is 26.0 Å². The monoisotopic (exact) mass is 267 g/mol. The van der Waals surface area contributed by atoms with E-state index < -0.39 is 0 Å². The molecule has 18 heavy (non-hydrogen) atoms. The van der Waals surface area contributed by atoms with Crippen LogP contribution in [0.25, 0.3) is 0 Å². The molecule has 0 aliphatic heterocycles. The zero-order valence-corrected chi connectivity index (χ0v) is 12.9. The number of halogens is 1. The van der Waals surface area contributed by atoms with Crippen molar-refractivity contribution in [2.45, 2.75) is 39.0 Å². The molecular weight excluding hydrogens is 242 g/mol. The molecule has 0 atom stereocenters. The summed E-state index contributed by atoms with van der Waals surface area (Å²) >= 11 is 5.70. The van der Waals surface area contributed by atoms with Gasteiger partial charge in [-0.15, -0.1) is 11.6 Å². The second-order valence-electron chi connectivity index (χ2n) is 6.04. The number of nitrogens with zero attached hydrogens (tertiary/aromatic N) is 1. The molecule has 0 N–H and O–H groups in total. The van der Waals surface area contributed by atoms with E-state index in [1.807, 2.05) is 0 Å². The second-order valence-corrected chi connectivity index (χ2v) is 6.42. The van der Waals surface area contributed by atoms with Crippen molar-refractivity contribution in [3.05, 3.63) is 35.4 Å². The molecule has 0 spiro atoms. The lowest BCUT2D eigenvalue weighted by Gasteiger charge is -2.20. The molecular formula is C16H26ClN. The molecule has 1 rings (SSSR count). The topological polar surface area (TPSA) is 3.24 Å². The summed E-state index contributed by atoms with van der Waals surface area (Å²) in [6, 6.07) is 9.04. The highest BCUT2D eigenvalue weighted by Gasteiger charge is 2.12. The fraction of sp³-hybridized carbons (Fsp3) is 0.625. The number of hydrogen-bond donors (Lipinski definition) is 0. The Hall–Kier alpha value is -0.530. The third-order valence-electron chi connectivity index (χ3n) is 3.28. The van der Waals surface area contributed by atoms with Crippen molar-refractivity contribution in [2.24, 2.45) is 0 Å². The fourth-order valence-corrected chi connectivity index (χ4v) is 2.05. The van der Waals surface area contributed by atoms with Crippen LogP contribution in [0.4, 0.5) is 0 Å². The van der Waals surface area contributed by atoms with Gasteiger partial charge in [-0.3, -0.25) is 0 Å². The lowest BCUT2D eigenvalue weighted by Crippen LogP contribution is -2.22. The lowest BCUT2D eigenvalue weighted by atomic mass is 9.86. The van der Waals surface area contributed by atoms with E-state index in [-0.39, 0.29) is 5.41 Å². The van der Waals surface area contributed by atoms with Gasteiger partial charge in [-0.25, -0.2) is 0 Å². The third-order valence-corrected chi connectivity index (χ3v) is 3.54. The Morgan fingerprint density at radius 3 is 2.17 bits per heavy atom. The molecule has 0 unspecified atom stereocenters. The minimum absolute atomic E-state index is 0.246. The molecule has 0 aliphatic rings. The summed E-state index contributed by atoms with van der Waals surface area (Å²) in [6.07, 6.45) is 2.18. The minimum Gasteiger partial charge on any atom is -0.306 e. The highest BCUT2D eigenvalue weighted by atomic mass is 35.5. The highest BCUT2D eigenvalue weighted by molar-refractivity contribution is 6.17. The van der Waals surface area contributed by atoms with Gasteiger partial charge in [0.15, 0.2) is 0 Å². The molecule has 0 aromatic heterocycles. The number of benzene rings is 1. The van der Waals surface area contributed by atoms with E-state index in [1.165, 1.54) is 11.1 Å². The van der Waals surface area contributed by atoms with Gasteiger partial charge in [0.1, 0.15) is 0 Å². The molecule has 1 aromatic rings. The maximum Gasteiger partial charge on any atom is 0.0235 e. The van der Waals surface area contributed by atoms with Crippen molar-refractivity contribution in [1.29, 1.82) is 0 Å². The summed E-state index contributed by atoms with van der Waals surface area (Å²) in [4.78, 5) is 2.35. The van der Waals surface area contributed by atoms with Gasteiger partial charge in [-0.05, 0) is 43.0 Å². The Balaban J connectivity index is 2.44. The van der Waals surface area contributed by atoms with Crippen LogP contribution in [0, 0.1) is 0 Å². The third kappa shape index (κ3) is 5.41. The smallest absolute Gasteiger partial charge is 0.0235 e. The first kappa shape index (κ1) is 15.5. The zero-order valence-electron chi connectivity index (χ0n) is 12.2. The van der Waals surface area contributed by atoms with E-state index in [0.717, 1.165) is 31.8 Å². The first-order chi connectivity index (χ1) is 8.43. The highest BCUT2D eigenvalue weighted by Crippen LogP contribution is 2.22. The molecule has 0 saturated carbocycles. The SMILES string of the molecule is CN(CCCCl)CCc1ccc(C(C)(C)C)cc1.